The summed E-state index contributed by atoms with van der Waals surface area (Å²) in [6, 6.07) is 19.4. The van der Waals surface area contributed by atoms with Gasteiger partial charge in [-0.3, -0.25) is 4.79 Å². The number of aryl methyl sites for hydroxylation is 1. The molecule has 4 rings (SSSR count). The normalized spacial score (nSPS) is 16.7. The third-order valence-electron chi connectivity index (χ3n) is 4.31. The summed E-state index contributed by atoms with van der Waals surface area (Å²) in [5.74, 6) is 0.385. The Bertz CT molecular complexity index is 1050. The summed E-state index contributed by atoms with van der Waals surface area (Å²) in [6.45, 7) is 1.91. The van der Waals surface area contributed by atoms with E-state index in [0.29, 0.717) is 15.5 Å². The van der Waals surface area contributed by atoms with E-state index in [1.165, 1.54) is 0 Å². The zero-order valence-electron chi connectivity index (χ0n) is 14.5. The Kier molecular flexibility index (Phi) is 5.04. The van der Waals surface area contributed by atoms with Crippen LogP contribution in [0.1, 0.15) is 16.6 Å². The molecular weight excluding hydrogens is 398 g/mol. The zero-order chi connectivity index (χ0) is 19.0. The number of amides is 1. The Hall–Kier alpha value is -2.15. The minimum absolute atomic E-state index is 0.00103. The largest absolute Gasteiger partial charge is 0.272 e. The minimum atomic E-state index is -0.187. The third-order valence-corrected chi connectivity index (χ3v) is 6.03. The first-order chi connectivity index (χ1) is 13.0. The van der Waals surface area contributed by atoms with Gasteiger partial charge in [-0.1, -0.05) is 54.1 Å². The first-order valence-corrected chi connectivity index (χ1v) is 10.2. The molecule has 1 fully saturated rings. The Labute approximate surface area is 171 Å². The highest BCUT2D eigenvalue weighted by molar-refractivity contribution is 8.00. The van der Waals surface area contributed by atoms with Gasteiger partial charge >= 0.3 is 0 Å². The summed E-state index contributed by atoms with van der Waals surface area (Å²) in [4.78, 5) is 17.3. The molecule has 3 aromatic rings. The van der Waals surface area contributed by atoms with Crippen LogP contribution in [0.25, 0.3) is 11.3 Å². The molecule has 1 aliphatic heterocycles. The molecule has 0 saturated carbocycles. The second-order valence-corrected chi connectivity index (χ2v) is 8.07. The number of carbonyl (C=O) groups is 1. The number of hydrogen-bond acceptors (Lipinski definition) is 4. The van der Waals surface area contributed by atoms with E-state index in [1.54, 1.807) is 21.4 Å². The predicted molar refractivity (Wildman–Crippen MR) is 113 cm³/mol. The molecule has 136 valence electrons. The molecule has 1 saturated heterocycles. The Morgan fingerprint density at radius 1 is 1.15 bits per heavy atom. The molecule has 0 spiro atoms. The van der Waals surface area contributed by atoms with Gasteiger partial charge in [0, 0.05) is 16.3 Å². The molecule has 1 atom stereocenters. The molecule has 0 aliphatic carbocycles. The van der Waals surface area contributed by atoms with Gasteiger partial charge in [-0.25, -0.2) is 14.7 Å². The number of benzene rings is 2. The van der Waals surface area contributed by atoms with Crippen LogP contribution in [0.4, 0.5) is 0 Å². The molecule has 1 amide bonds. The Morgan fingerprint density at radius 2 is 1.85 bits per heavy atom. The van der Waals surface area contributed by atoms with Gasteiger partial charge in [-0.2, -0.15) is 0 Å². The number of hydrogen-bond donors (Lipinski definition) is 0. The summed E-state index contributed by atoms with van der Waals surface area (Å²) >= 11 is 13.2. The number of carbonyl (C=O) groups excluding carboxylic acids is 1. The zero-order valence-corrected chi connectivity index (χ0v) is 16.9. The van der Waals surface area contributed by atoms with Crippen molar-refractivity contribution in [3.8, 4) is 11.3 Å². The highest BCUT2D eigenvalue weighted by atomic mass is 35.5. The van der Waals surface area contributed by atoms with Crippen molar-refractivity contribution in [2.45, 2.75) is 12.3 Å². The summed E-state index contributed by atoms with van der Waals surface area (Å²) in [6.07, 6.45) is 0. The van der Waals surface area contributed by atoms with Crippen molar-refractivity contribution in [1.29, 1.82) is 0 Å². The van der Waals surface area contributed by atoms with E-state index >= 15 is 0 Å². The van der Waals surface area contributed by atoms with Crippen LogP contribution in [0.3, 0.4) is 0 Å². The lowest BCUT2D eigenvalue weighted by Crippen LogP contribution is -2.40. The second-order valence-electron chi connectivity index (χ2n) is 6.20. The predicted octanol–water partition coefficient (Wildman–Crippen LogP) is 5.15. The summed E-state index contributed by atoms with van der Waals surface area (Å²) < 4.78 is 2.13. The monoisotopic (exact) mass is 413 g/mol. The molecule has 7 heteroatoms. The molecule has 2 heterocycles. The molecule has 4 nitrogen and oxygen atoms in total. The maximum Gasteiger partial charge on any atom is 0.252 e. The van der Waals surface area contributed by atoms with Crippen LogP contribution in [0.5, 0.6) is 0 Å². The number of rotatable bonds is 3. The standard InChI is InChI=1S/C20H16ClN3OS2/c1-13-11-17(14-5-3-2-4-6-14)23(20(26)22-13)24-18(25)12-27-19(24)15-7-9-16(21)10-8-15/h2-11,19H,12H2,1H3. The molecule has 1 unspecified atom stereocenters. The number of aromatic nitrogens is 2. The van der Waals surface area contributed by atoms with Gasteiger partial charge in [0.25, 0.3) is 5.91 Å². The average molecular weight is 414 g/mol. The maximum atomic E-state index is 12.8. The second kappa shape index (κ2) is 7.46. The van der Waals surface area contributed by atoms with E-state index in [4.69, 9.17) is 23.8 Å². The first-order valence-electron chi connectivity index (χ1n) is 8.40. The number of thioether (sulfide) groups is 1. The minimum Gasteiger partial charge on any atom is -0.272 e. The van der Waals surface area contributed by atoms with Gasteiger partial charge in [0.2, 0.25) is 4.77 Å². The maximum absolute atomic E-state index is 12.8. The number of nitrogens with zero attached hydrogens (tertiary/aromatic N) is 3. The van der Waals surface area contributed by atoms with E-state index in [0.717, 1.165) is 22.5 Å². The van der Waals surface area contributed by atoms with Crippen LogP contribution in [0.15, 0.2) is 60.7 Å². The van der Waals surface area contributed by atoms with Crippen LogP contribution < -0.4 is 5.01 Å². The van der Waals surface area contributed by atoms with Gasteiger partial charge in [-0.05, 0) is 42.9 Å². The first kappa shape index (κ1) is 18.2. The lowest BCUT2D eigenvalue weighted by molar-refractivity contribution is -0.117. The van der Waals surface area contributed by atoms with Crippen molar-refractivity contribution in [2.24, 2.45) is 0 Å². The van der Waals surface area contributed by atoms with Crippen molar-refractivity contribution < 1.29 is 4.79 Å². The fourth-order valence-corrected chi connectivity index (χ4v) is 4.71. The molecule has 2 aromatic carbocycles. The van der Waals surface area contributed by atoms with Crippen LogP contribution in [-0.2, 0) is 4.79 Å². The molecule has 1 aromatic heterocycles. The average Bonchev–Trinajstić information content (AvgIpc) is 3.04. The quantitative estimate of drug-likeness (QED) is 0.556. The molecule has 0 bridgehead atoms. The highest BCUT2D eigenvalue weighted by Crippen LogP contribution is 2.39. The topological polar surface area (TPSA) is 38.1 Å². The molecule has 0 radical (unpaired) electrons. The Balaban J connectivity index is 1.89. The van der Waals surface area contributed by atoms with Gasteiger partial charge in [0.15, 0.2) is 0 Å². The van der Waals surface area contributed by atoms with Crippen molar-refractivity contribution in [3.63, 3.8) is 0 Å². The SMILES string of the molecule is Cc1cc(-c2ccccc2)n(N2C(=O)CSC2c2ccc(Cl)cc2)c(=S)n1. The van der Waals surface area contributed by atoms with Gasteiger partial charge in [0.1, 0.15) is 5.37 Å². The Morgan fingerprint density at radius 3 is 2.56 bits per heavy atom. The fourth-order valence-electron chi connectivity index (χ4n) is 3.11. The van der Waals surface area contributed by atoms with E-state index in [1.807, 2.05) is 67.6 Å². The fraction of sp³-hybridized carbons (Fsp3) is 0.150. The number of halogens is 1. The molecule has 0 N–H and O–H groups in total. The van der Waals surface area contributed by atoms with Crippen LogP contribution >= 0.6 is 35.6 Å². The lowest BCUT2D eigenvalue weighted by Gasteiger charge is -2.29. The van der Waals surface area contributed by atoms with Gasteiger partial charge in [0.05, 0.1) is 11.4 Å². The van der Waals surface area contributed by atoms with E-state index in [9.17, 15) is 4.79 Å². The van der Waals surface area contributed by atoms with Crippen LogP contribution in [0.2, 0.25) is 5.02 Å². The highest BCUT2D eigenvalue weighted by Gasteiger charge is 2.36. The summed E-state index contributed by atoms with van der Waals surface area (Å²) in [5.41, 5.74) is 3.64. The summed E-state index contributed by atoms with van der Waals surface area (Å²) in [7, 11) is 0. The van der Waals surface area contributed by atoms with E-state index in [-0.39, 0.29) is 11.3 Å². The third kappa shape index (κ3) is 3.52. The van der Waals surface area contributed by atoms with Crippen molar-refractivity contribution in [1.82, 2.24) is 9.66 Å². The van der Waals surface area contributed by atoms with Crippen molar-refractivity contribution in [2.75, 3.05) is 10.8 Å². The van der Waals surface area contributed by atoms with Crippen LogP contribution in [0, 0.1) is 11.7 Å². The van der Waals surface area contributed by atoms with Crippen LogP contribution in [-0.4, -0.2) is 21.3 Å². The smallest absolute Gasteiger partial charge is 0.252 e. The molecule has 1 aliphatic rings. The van der Waals surface area contributed by atoms with Gasteiger partial charge < -0.3 is 0 Å². The van der Waals surface area contributed by atoms with E-state index < -0.39 is 0 Å². The molecule has 27 heavy (non-hydrogen) atoms. The summed E-state index contributed by atoms with van der Waals surface area (Å²) in [5, 5.41) is 2.19. The van der Waals surface area contributed by atoms with E-state index in [2.05, 4.69) is 4.98 Å². The lowest BCUT2D eigenvalue weighted by atomic mass is 10.1. The van der Waals surface area contributed by atoms with Crippen molar-refractivity contribution >= 4 is 41.5 Å². The van der Waals surface area contributed by atoms with Gasteiger partial charge in [-0.15, -0.1) is 11.8 Å². The molecular formula is C20H16ClN3OS2. The van der Waals surface area contributed by atoms with Crippen molar-refractivity contribution in [3.05, 3.63) is 81.7 Å².